The predicted octanol–water partition coefficient (Wildman–Crippen LogP) is 2.67. The fraction of sp³-hybridized carbons (Fsp3) is 0.786. The lowest BCUT2D eigenvalue weighted by Crippen LogP contribution is -2.46. The Bertz CT molecular complexity index is 309. The first kappa shape index (κ1) is 12.6. The van der Waals surface area contributed by atoms with Gasteiger partial charge in [0.05, 0.1) is 0 Å². The van der Waals surface area contributed by atoms with Crippen LogP contribution in [0.4, 0.5) is 0 Å². The van der Waals surface area contributed by atoms with E-state index in [1.54, 1.807) is 6.92 Å². The smallest absolute Gasteiger partial charge is 0.330 e. The van der Waals surface area contributed by atoms with E-state index in [9.17, 15) is 4.79 Å². The highest BCUT2D eigenvalue weighted by Crippen LogP contribution is 2.35. The molecule has 1 saturated carbocycles. The first-order valence-corrected chi connectivity index (χ1v) is 6.82. The molecule has 1 heterocycles. The Morgan fingerprint density at radius 2 is 2.00 bits per heavy atom. The Labute approximate surface area is 103 Å². The van der Waals surface area contributed by atoms with E-state index in [4.69, 9.17) is 5.11 Å². The minimum atomic E-state index is -0.790. The quantitative estimate of drug-likeness (QED) is 0.767. The topological polar surface area (TPSA) is 40.5 Å². The number of nitrogens with zero attached hydrogens (tertiary/aromatic N) is 1. The van der Waals surface area contributed by atoms with E-state index in [-0.39, 0.29) is 0 Å². The summed E-state index contributed by atoms with van der Waals surface area (Å²) in [5.41, 5.74) is 0.475. The summed E-state index contributed by atoms with van der Waals surface area (Å²) in [6, 6.07) is 0.718. The molecule has 96 valence electrons. The molecule has 2 rings (SSSR count). The zero-order valence-corrected chi connectivity index (χ0v) is 10.7. The van der Waals surface area contributed by atoms with Crippen LogP contribution < -0.4 is 0 Å². The fourth-order valence-corrected chi connectivity index (χ4v) is 3.30. The van der Waals surface area contributed by atoms with Crippen molar-refractivity contribution in [1.29, 1.82) is 0 Å². The summed E-state index contributed by atoms with van der Waals surface area (Å²) in [6.07, 6.45) is 9.95. The van der Waals surface area contributed by atoms with Crippen LogP contribution in [0.5, 0.6) is 0 Å². The molecule has 0 aromatic heterocycles. The van der Waals surface area contributed by atoms with Crippen LogP contribution in [0.1, 0.15) is 45.4 Å². The molecule has 1 aliphatic heterocycles. The molecule has 0 radical (unpaired) electrons. The second-order valence-corrected chi connectivity index (χ2v) is 5.44. The van der Waals surface area contributed by atoms with Gasteiger partial charge in [-0.3, -0.25) is 4.90 Å². The van der Waals surface area contributed by atoms with Crippen LogP contribution in [0, 0.1) is 5.92 Å². The van der Waals surface area contributed by atoms with E-state index in [0.717, 1.165) is 25.0 Å². The van der Waals surface area contributed by atoms with Gasteiger partial charge in [-0.25, -0.2) is 4.79 Å². The van der Waals surface area contributed by atoms with Gasteiger partial charge in [0, 0.05) is 18.2 Å². The van der Waals surface area contributed by atoms with Gasteiger partial charge in [-0.2, -0.15) is 0 Å². The van der Waals surface area contributed by atoms with Crippen molar-refractivity contribution in [1.82, 2.24) is 4.90 Å². The lowest BCUT2D eigenvalue weighted by molar-refractivity contribution is -0.132. The third-order valence-corrected chi connectivity index (χ3v) is 4.33. The maximum atomic E-state index is 10.8. The lowest BCUT2D eigenvalue weighted by atomic mass is 9.78. The number of hydrogen-bond acceptors (Lipinski definition) is 2. The third kappa shape index (κ3) is 3.09. The van der Waals surface area contributed by atoms with Crippen molar-refractivity contribution in [2.24, 2.45) is 5.92 Å². The van der Waals surface area contributed by atoms with Crippen molar-refractivity contribution in [3.05, 3.63) is 11.6 Å². The van der Waals surface area contributed by atoms with E-state index in [1.165, 1.54) is 38.5 Å². The largest absolute Gasteiger partial charge is 0.478 e. The zero-order chi connectivity index (χ0) is 12.3. The minimum Gasteiger partial charge on any atom is -0.478 e. The Balaban J connectivity index is 1.95. The van der Waals surface area contributed by atoms with Crippen LogP contribution in [0.2, 0.25) is 0 Å². The van der Waals surface area contributed by atoms with Gasteiger partial charge in [0.25, 0.3) is 0 Å². The van der Waals surface area contributed by atoms with Gasteiger partial charge in [-0.05, 0) is 45.1 Å². The maximum Gasteiger partial charge on any atom is 0.330 e. The van der Waals surface area contributed by atoms with Gasteiger partial charge >= 0.3 is 5.97 Å². The molecule has 3 nitrogen and oxygen atoms in total. The highest BCUT2D eigenvalue weighted by molar-refractivity contribution is 5.85. The molecular weight excluding hydrogens is 214 g/mol. The number of piperidine rings is 1. The molecule has 2 atom stereocenters. The normalized spacial score (nSPS) is 31.0. The number of rotatable bonds is 3. The van der Waals surface area contributed by atoms with Crippen molar-refractivity contribution >= 4 is 5.97 Å². The first-order valence-electron chi connectivity index (χ1n) is 6.82. The third-order valence-electron chi connectivity index (χ3n) is 4.33. The molecule has 1 saturated heterocycles. The standard InChI is InChI=1S/C14H23NO2/c1-11(14(16)17)8-10-15-9-4-6-12-5-2-3-7-13(12)15/h8,12-13H,2-7,9-10H2,1H3,(H,16,17)/t12-,13-/m1/s1. The number of carboxylic acids is 1. The molecule has 17 heavy (non-hydrogen) atoms. The van der Waals surface area contributed by atoms with Gasteiger partial charge < -0.3 is 5.11 Å². The van der Waals surface area contributed by atoms with Crippen molar-refractivity contribution < 1.29 is 9.90 Å². The van der Waals surface area contributed by atoms with Gasteiger partial charge in [-0.1, -0.05) is 18.9 Å². The molecule has 0 spiro atoms. The molecular formula is C14H23NO2. The average Bonchev–Trinajstić information content (AvgIpc) is 2.35. The molecule has 0 amide bonds. The van der Waals surface area contributed by atoms with Gasteiger partial charge in [0.2, 0.25) is 0 Å². The number of fused-ring (bicyclic) bond motifs is 1. The summed E-state index contributed by atoms with van der Waals surface area (Å²) in [5.74, 6) is 0.0817. The van der Waals surface area contributed by atoms with Gasteiger partial charge in [-0.15, -0.1) is 0 Å². The van der Waals surface area contributed by atoms with E-state index in [2.05, 4.69) is 4.90 Å². The van der Waals surface area contributed by atoms with Crippen LogP contribution in [0.3, 0.4) is 0 Å². The van der Waals surface area contributed by atoms with Gasteiger partial charge in [0.15, 0.2) is 0 Å². The van der Waals surface area contributed by atoms with Crippen LogP contribution in [0.15, 0.2) is 11.6 Å². The summed E-state index contributed by atoms with van der Waals surface area (Å²) < 4.78 is 0. The molecule has 0 bridgehead atoms. The van der Waals surface area contributed by atoms with Crippen LogP contribution in [0.25, 0.3) is 0 Å². The first-order chi connectivity index (χ1) is 8.18. The van der Waals surface area contributed by atoms with Gasteiger partial charge in [0.1, 0.15) is 0 Å². The highest BCUT2D eigenvalue weighted by Gasteiger charge is 2.32. The molecule has 3 heteroatoms. The molecule has 1 aliphatic carbocycles. The number of carboxylic acid groups (broad SMARTS) is 1. The molecule has 1 N–H and O–H groups in total. The van der Waals surface area contributed by atoms with Crippen molar-refractivity contribution in [2.75, 3.05) is 13.1 Å². The van der Waals surface area contributed by atoms with Crippen LogP contribution >= 0.6 is 0 Å². The molecule has 2 aliphatic rings. The molecule has 2 fully saturated rings. The number of carbonyl (C=O) groups is 1. The Kier molecular flexibility index (Phi) is 4.21. The van der Waals surface area contributed by atoms with E-state index >= 15 is 0 Å². The predicted molar refractivity (Wildman–Crippen MR) is 67.9 cm³/mol. The fourth-order valence-electron chi connectivity index (χ4n) is 3.30. The number of likely N-dealkylation sites (tertiary alicyclic amines) is 1. The average molecular weight is 237 g/mol. The highest BCUT2D eigenvalue weighted by atomic mass is 16.4. The lowest BCUT2D eigenvalue weighted by Gasteiger charge is -2.43. The number of aliphatic carboxylic acids is 1. The van der Waals surface area contributed by atoms with E-state index < -0.39 is 5.97 Å². The molecule has 0 aromatic rings. The molecule has 0 aromatic carbocycles. The Morgan fingerprint density at radius 3 is 2.76 bits per heavy atom. The van der Waals surface area contributed by atoms with Crippen LogP contribution in [-0.4, -0.2) is 35.1 Å². The monoisotopic (exact) mass is 237 g/mol. The zero-order valence-electron chi connectivity index (χ0n) is 10.7. The SMILES string of the molecule is CC(=CCN1CCC[C@H]2CCCC[C@H]21)C(=O)O. The maximum absolute atomic E-state index is 10.8. The second-order valence-electron chi connectivity index (χ2n) is 5.44. The Morgan fingerprint density at radius 1 is 1.29 bits per heavy atom. The summed E-state index contributed by atoms with van der Waals surface area (Å²) in [7, 11) is 0. The van der Waals surface area contributed by atoms with E-state index in [0.29, 0.717) is 5.57 Å². The summed E-state index contributed by atoms with van der Waals surface area (Å²) in [4.78, 5) is 13.3. The number of hydrogen-bond donors (Lipinski definition) is 1. The minimum absolute atomic E-state index is 0.475. The second kappa shape index (κ2) is 5.67. The van der Waals surface area contributed by atoms with Crippen molar-refractivity contribution in [3.8, 4) is 0 Å². The van der Waals surface area contributed by atoms with Crippen LogP contribution in [-0.2, 0) is 4.79 Å². The summed E-state index contributed by atoms with van der Waals surface area (Å²) in [6.45, 7) is 3.65. The Hall–Kier alpha value is -0.830. The summed E-state index contributed by atoms with van der Waals surface area (Å²) >= 11 is 0. The van der Waals surface area contributed by atoms with Crippen molar-refractivity contribution in [2.45, 2.75) is 51.5 Å². The van der Waals surface area contributed by atoms with E-state index in [1.807, 2.05) is 6.08 Å². The molecule has 0 unspecified atom stereocenters. The van der Waals surface area contributed by atoms with Crippen molar-refractivity contribution in [3.63, 3.8) is 0 Å². The summed E-state index contributed by atoms with van der Waals surface area (Å²) in [5, 5.41) is 8.86.